The number of thiol groups is 1. The summed E-state index contributed by atoms with van der Waals surface area (Å²) in [5, 5.41) is 11.5. The van der Waals surface area contributed by atoms with E-state index in [0.717, 1.165) is 5.56 Å². The third-order valence-corrected chi connectivity index (χ3v) is 4.05. The molecular weight excluding hydrogens is 298 g/mol. The molecule has 0 spiro atoms. The van der Waals surface area contributed by atoms with Gasteiger partial charge < -0.3 is 10.4 Å². The van der Waals surface area contributed by atoms with Crippen LogP contribution in [-0.4, -0.2) is 32.4 Å². The molecule has 0 aliphatic rings. The Balaban J connectivity index is 2.86. The number of aliphatic hydroxyl groups excluding tert-OH is 1. The number of carbonyl (C=O) groups is 1. The van der Waals surface area contributed by atoms with Gasteiger partial charge in [0, 0.05) is 6.54 Å². The van der Waals surface area contributed by atoms with Gasteiger partial charge in [-0.2, -0.15) is 0 Å². The zero-order valence-electron chi connectivity index (χ0n) is 10.6. The van der Waals surface area contributed by atoms with Crippen LogP contribution in [0, 0.1) is 0 Å². The van der Waals surface area contributed by atoms with Crippen LogP contribution >= 0.6 is 36.6 Å². The molecule has 6 heteroatoms. The summed E-state index contributed by atoms with van der Waals surface area (Å²) in [6.07, 6.45) is 0.552. The quantitative estimate of drug-likeness (QED) is 0.555. The molecule has 0 aliphatic heterocycles. The van der Waals surface area contributed by atoms with Crippen molar-refractivity contribution in [3.8, 4) is 0 Å². The minimum Gasteiger partial charge on any atom is -0.395 e. The second-order valence-electron chi connectivity index (χ2n) is 4.24. The SMILES string of the molecule is CC(Cc1ccccc1)(SC(=S)S)C(=O)NCCO. The maximum absolute atomic E-state index is 12.2. The third-order valence-electron chi connectivity index (χ3n) is 2.57. The highest BCUT2D eigenvalue weighted by atomic mass is 32.2. The highest BCUT2D eigenvalue weighted by molar-refractivity contribution is 8.42. The molecule has 104 valence electrons. The number of rotatable bonds is 6. The molecule has 2 N–H and O–H groups in total. The van der Waals surface area contributed by atoms with Crippen molar-refractivity contribution in [2.24, 2.45) is 0 Å². The zero-order chi connectivity index (χ0) is 14.3. The van der Waals surface area contributed by atoms with Crippen LogP contribution < -0.4 is 5.32 Å². The lowest BCUT2D eigenvalue weighted by Crippen LogP contribution is -2.45. The molecule has 1 amide bonds. The molecule has 0 heterocycles. The monoisotopic (exact) mass is 315 g/mol. The van der Waals surface area contributed by atoms with Crippen LogP contribution in [0.4, 0.5) is 0 Å². The summed E-state index contributed by atoms with van der Waals surface area (Å²) in [7, 11) is 0. The minimum atomic E-state index is -0.727. The predicted octanol–water partition coefficient (Wildman–Crippen LogP) is 2.04. The number of nitrogens with one attached hydrogen (secondary N) is 1. The van der Waals surface area contributed by atoms with Crippen molar-refractivity contribution in [3.63, 3.8) is 0 Å². The van der Waals surface area contributed by atoms with E-state index in [1.165, 1.54) is 11.8 Å². The summed E-state index contributed by atoms with van der Waals surface area (Å²) in [4.78, 5) is 12.2. The maximum atomic E-state index is 12.2. The molecule has 1 rings (SSSR count). The standard InChI is InChI=1S/C13H17NO2S3/c1-13(19-12(17)18,11(16)14-7-8-15)9-10-5-3-2-4-6-10/h2-6,15H,7-9H2,1H3,(H,14,16)(H,17,18). The molecule has 0 saturated carbocycles. The summed E-state index contributed by atoms with van der Waals surface area (Å²) in [6.45, 7) is 1.99. The third kappa shape index (κ3) is 5.52. The van der Waals surface area contributed by atoms with Crippen LogP contribution in [0.5, 0.6) is 0 Å². The first kappa shape index (κ1) is 16.5. The predicted molar refractivity (Wildman–Crippen MR) is 87.8 cm³/mol. The van der Waals surface area contributed by atoms with E-state index in [-0.39, 0.29) is 19.1 Å². The summed E-state index contributed by atoms with van der Waals surface area (Å²) >= 11 is 10.4. The van der Waals surface area contributed by atoms with E-state index in [0.29, 0.717) is 9.95 Å². The fourth-order valence-electron chi connectivity index (χ4n) is 1.70. The molecular formula is C13H17NO2S3. The molecule has 0 bridgehead atoms. The Morgan fingerprint density at radius 2 is 2.11 bits per heavy atom. The van der Waals surface area contributed by atoms with E-state index in [1.807, 2.05) is 37.3 Å². The number of hydrogen-bond acceptors (Lipinski definition) is 4. The van der Waals surface area contributed by atoms with Gasteiger partial charge in [-0.25, -0.2) is 0 Å². The molecule has 0 saturated heterocycles. The van der Waals surface area contributed by atoms with E-state index < -0.39 is 4.75 Å². The van der Waals surface area contributed by atoms with E-state index in [2.05, 4.69) is 17.9 Å². The number of hydrogen-bond donors (Lipinski definition) is 3. The van der Waals surface area contributed by atoms with Gasteiger partial charge in [-0.3, -0.25) is 4.79 Å². The van der Waals surface area contributed by atoms with Gasteiger partial charge in [-0.05, 0) is 18.9 Å². The molecule has 3 nitrogen and oxygen atoms in total. The van der Waals surface area contributed by atoms with Crippen molar-refractivity contribution in [2.45, 2.75) is 18.1 Å². The lowest BCUT2D eigenvalue weighted by atomic mass is 9.99. The van der Waals surface area contributed by atoms with Crippen LogP contribution in [0.25, 0.3) is 0 Å². The van der Waals surface area contributed by atoms with Crippen LogP contribution in [0.15, 0.2) is 30.3 Å². The average molecular weight is 315 g/mol. The largest absolute Gasteiger partial charge is 0.395 e. The van der Waals surface area contributed by atoms with Crippen LogP contribution in [0.3, 0.4) is 0 Å². The number of thiocarbonyl (C=S) groups is 1. The molecule has 1 unspecified atom stereocenters. The summed E-state index contributed by atoms with van der Waals surface area (Å²) in [5.41, 5.74) is 1.06. The molecule has 0 aliphatic carbocycles. The van der Waals surface area contributed by atoms with Gasteiger partial charge in [0.2, 0.25) is 5.91 Å². The molecule has 1 aromatic rings. The lowest BCUT2D eigenvalue weighted by Gasteiger charge is -2.27. The first-order valence-corrected chi connectivity index (χ1v) is 7.50. The van der Waals surface area contributed by atoms with Crippen LogP contribution in [0.1, 0.15) is 12.5 Å². The summed E-state index contributed by atoms with van der Waals surface area (Å²) in [5.74, 6) is -0.146. The van der Waals surface area contributed by atoms with E-state index in [4.69, 9.17) is 17.3 Å². The number of carbonyl (C=O) groups excluding carboxylic acids is 1. The normalized spacial score (nSPS) is 13.6. The first-order chi connectivity index (χ1) is 8.98. The topological polar surface area (TPSA) is 49.3 Å². The van der Waals surface area contributed by atoms with Crippen molar-refractivity contribution >= 4 is 46.0 Å². The van der Waals surface area contributed by atoms with E-state index >= 15 is 0 Å². The zero-order valence-corrected chi connectivity index (χ0v) is 13.2. The van der Waals surface area contributed by atoms with Gasteiger partial charge in [-0.1, -0.05) is 54.3 Å². The first-order valence-electron chi connectivity index (χ1n) is 5.83. The Morgan fingerprint density at radius 1 is 1.47 bits per heavy atom. The fraction of sp³-hybridized carbons (Fsp3) is 0.385. The van der Waals surface area contributed by atoms with Gasteiger partial charge >= 0.3 is 0 Å². The van der Waals surface area contributed by atoms with Gasteiger partial charge in [0.1, 0.15) is 8.28 Å². The Bertz CT molecular complexity index is 439. The molecule has 0 fully saturated rings. The fourth-order valence-corrected chi connectivity index (χ4v) is 3.64. The highest BCUT2D eigenvalue weighted by Gasteiger charge is 2.34. The second-order valence-corrected chi connectivity index (χ2v) is 7.47. The highest BCUT2D eigenvalue weighted by Crippen LogP contribution is 2.32. The maximum Gasteiger partial charge on any atom is 0.236 e. The Morgan fingerprint density at radius 3 is 2.63 bits per heavy atom. The van der Waals surface area contributed by atoms with Crippen molar-refractivity contribution < 1.29 is 9.90 Å². The molecule has 0 aromatic heterocycles. The van der Waals surface area contributed by atoms with Gasteiger partial charge in [-0.15, -0.1) is 12.6 Å². The Kier molecular flexibility index (Phi) is 6.85. The van der Waals surface area contributed by atoms with E-state index in [9.17, 15) is 4.79 Å². The number of aliphatic hydroxyl groups is 1. The molecule has 1 aromatic carbocycles. The number of amides is 1. The Labute approximate surface area is 128 Å². The summed E-state index contributed by atoms with van der Waals surface area (Å²) < 4.78 is -0.299. The van der Waals surface area contributed by atoms with Crippen molar-refractivity contribution in [1.29, 1.82) is 0 Å². The van der Waals surface area contributed by atoms with Crippen LogP contribution in [-0.2, 0) is 11.2 Å². The number of thioether (sulfide) groups is 1. The minimum absolute atomic E-state index is 0.0802. The Hall–Kier alpha value is -0.560. The van der Waals surface area contributed by atoms with Crippen molar-refractivity contribution in [2.75, 3.05) is 13.2 Å². The van der Waals surface area contributed by atoms with Gasteiger partial charge in [0.15, 0.2) is 0 Å². The summed E-state index contributed by atoms with van der Waals surface area (Å²) in [6, 6.07) is 9.75. The molecule has 0 radical (unpaired) electrons. The van der Waals surface area contributed by atoms with Crippen LogP contribution in [0.2, 0.25) is 0 Å². The lowest BCUT2D eigenvalue weighted by molar-refractivity contribution is -0.123. The average Bonchev–Trinajstić information content (AvgIpc) is 2.36. The number of benzene rings is 1. The molecule has 19 heavy (non-hydrogen) atoms. The smallest absolute Gasteiger partial charge is 0.236 e. The second kappa shape index (κ2) is 7.89. The van der Waals surface area contributed by atoms with Gasteiger partial charge in [0.05, 0.1) is 6.61 Å². The van der Waals surface area contributed by atoms with Gasteiger partial charge in [0.25, 0.3) is 0 Å². The van der Waals surface area contributed by atoms with Crippen molar-refractivity contribution in [1.82, 2.24) is 5.32 Å². The molecule has 1 atom stereocenters. The van der Waals surface area contributed by atoms with Crippen molar-refractivity contribution in [3.05, 3.63) is 35.9 Å². The van der Waals surface area contributed by atoms with E-state index in [1.54, 1.807) is 0 Å².